The molecule has 1 heterocycles. The van der Waals surface area contributed by atoms with Crippen molar-refractivity contribution >= 4 is 15.7 Å². The topological polar surface area (TPSA) is 89.3 Å². The molecule has 1 aliphatic carbocycles. The monoisotopic (exact) mass is 288 g/mol. The van der Waals surface area contributed by atoms with Crippen LogP contribution >= 0.6 is 0 Å². The van der Waals surface area contributed by atoms with Gasteiger partial charge in [-0.25, -0.2) is 8.42 Å². The van der Waals surface area contributed by atoms with E-state index < -0.39 is 20.8 Å². The first-order valence-electron chi connectivity index (χ1n) is 7.04. The molecule has 1 atom stereocenters. The highest BCUT2D eigenvalue weighted by Gasteiger charge is 2.44. The van der Waals surface area contributed by atoms with Crippen LogP contribution in [0.2, 0.25) is 0 Å². The number of sulfone groups is 1. The minimum atomic E-state index is -3.00. The minimum Gasteiger partial charge on any atom is -0.349 e. The molecule has 1 saturated carbocycles. The molecule has 0 bridgehead atoms. The van der Waals surface area contributed by atoms with E-state index in [4.69, 9.17) is 5.73 Å². The van der Waals surface area contributed by atoms with Crippen molar-refractivity contribution in [2.24, 2.45) is 11.1 Å². The van der Waals surface area contributed by atoms with E-state index in [2.05, 4.69) is 5.32 Å². The maximum Gasteiger partial charge on any atom is 0.227 e. The van der Waals surface area contributed by atoms with Crippen molar-refractivity contribution in [3.63, 3.8) is 0 Å². The number of carbonyl (C=O) groups is 1. The molecule has 5 nitrogen and oxygen atoms in total. The number of hydrogen-bond donors (Lipinski definition) is 2. The summed E-state index contributed by atoms with van der Waals surface area (Å²) in [4.78, 5) is 12.5. The van der Waals surface area contributed by atoms with Crippen LogP contribution in [0.15, 0.2) is 0 Å². The Kier molecular flexibility index (Phi) is 3.93. The van der Waals surface area contributed by atoms with E-state index in [-0.39, 0.29) is 17.4 Å². The van der Waals surface area contributed by atoms with Crippen molar-refractivity contribution in [2.75, 3.05) is 18.1 Å². The standard InChI is InChI=1S/C13H24N2O3S/c1-12(7-8-19(17,18)10-12)15-11(16)13(9-14)5-3-2-4-6-13/h2-10,14H2,1H3,(H,15,16). The highest BCUT2D eigenvalue weighted by Crippen LogP contribution is 2.36. The summed E-state index contributed by atoms with van der Waals surface area (Å²) in [5.41, 5.74) is 4.74. The third-order valence-electron chi connectivity index (χ3n) is 4.60. The number of hydrogen-bond acceptors (Lipinski definition) is 4. The molecule has 1 saturated heterocycles. The fourth-order valence-corrected chi connectivity index (χ4v) is 5.36. The fourth-order valence-electron chi connectivity index (χ4n) is 3.27. The normalized spacial score (nSPS) is 32.9. The lowest BCUT2D eigenvalue weighted by Gasteiger charge is -2.37. The summed E-state index contributed by atoms with van der Waals surface area (Å²) in [6.45, 7) is 2.17. The van der Waals surface area contributed by atoms with Gasteiger partial charge in [0.2, 0.25) is 5.91 Å². The molecule has 2 fully saturated rings. The van der Waals surface area contributed by atoms with Crippen LogP contribution in [0, 0.1) is 5.41 Å². The molecule has 1 aliphatic heterocycles. The molecule has 1 amide bonds. The highest BCUT2D eigenvalue weighted by molar-refractivity contribution is 7.91. The van der Waals surface area contributed by atoms with Crippen molar-refractivity contribution in [3.05, 3.63) is 0 Å². The summed E-state index contributed by atoms with van der Waals surface area (Å²) in [5.74, 6) is 0.167. The average Bonchev–Trinajstić information content (AvgIpc) is 2.64. The Labute approximate surface area is 115 Å². The first-order valence-corrected chi connectivity index (χ1v) is 8.86. The second-order valence-corrected chi connectivity index (χ2v) is 8.59. The smallest absolute Gasteiger partial charge is 0.227 e. The molecule has 19 heavy (non-hydrogen) atoms. The largest absolute Gasteiger partial charge is 0.349 e. The third kappa shape index (κ3) is 3.11. The van der Waals surface area contributed by atoms with E-state index in [1.54, 1.807) is 0 Å². The van der Waals surface area contributed by atoms with Gasteiger partial charge in [-0.2, -0.15) is 0 Å². The van der Waals surface area contributed by atoms with Gasteiger partial charge < -0.3 is 11.1 Å². The summed E-state index contributed by atoms with van der Waals surface area (Å²) in [5, 5.41) is 2.97. The summed E-state index contributed by atoms with van der Waals surface area (Å²) < 4.78 is 23.2. The van der Waals surface area contributed by atoms with Gasteiger partial charge in [-0.3, -0.25) is 4.79 Å². The van der Waals surface area contributed by atoms with Gasteiger partial charge >= 0.3 is 0 Å². The Balaban J connectivity index is 2.08. The second-order valence-electron chi connectivity index (χ2n) is 6.40. The van der Waals surface area contributed by atoms with Crippen LogP contribution in [0.4, 0.5) is 0 Å². The van der Waals surface area contributed by atoms with Crippen LogP contribution in [0.5, 0.6) is 0 Å². The molecule has 6 heteroatoms. The molecule has 0 aromatic carbocycles. The average molecular weight is 288 g/mol. The zero-order valence-corrected chi connectivity index (χ0v) is 12.4. The lowest BCUT2D eigenvalue weighted by Crippen LogP contribution is -2.55. The summed E-state index contributed by atoms with van der Waals surface area (Å²) in [7, 11) is -3.00. The van der Waals surface area contributed by atoms with E-state index in [0.29, 0.717) is 13.0 Å². The van der Waals surface area contributed by atoms with Crippen LogP contribution in [0.3, 0.4) is 0 Å². The second kappa shape index (κ2) is 5.05. The quantitative estimate of drug-likeness (QED) is 0.795. The molecule has 2 aliphatic rings. The zero-order chi connectivity index (χ0) is 14.1. The first-order chi connectivity index (χ1) is 8.81. The predicted molar refractivity (Wildman–Crippen MR) is 74.4 cm³/mol. The summed E-state index contributed by atoms with van der Waals surface area (Å²) in [6, 6.07) is 0. The van der Waals surface area contributed by atoms with Crippen molar-refractivity contribution in [3.8, 4) is 0 Å². The molecule has 3 N–H and O–H groups in total. The van der Waals surface area contributed by atoms with E-state index in [1.165, 1.54) is 0 Å². The van der Waals surface area contributed by atoms with Crippen molar-refractivity contribution in [1.82, 2.24) is 5.32 Å². The SMILES string of the molecule is CC1(NC(=O)C2(CN)CCCCC2)CCS(=O)(=O)C1. The Morgan fingerprint density at radius 2 is 1.84 bits per heavy atom. The maximum absolute atomic E-state index is 12.5. The van der Waals surface area contributed by atoms with Gasteiger partial charge in [0.1, 0.15) is 0 Å². The molecule has 2 rings (SSSR count). The minimum absolute atomic E-state index is 0.0469. The maximum atomic E-state index is 12.5. The van der Waals surface area contributed by atoms with E-state index in [1.807, 2.05) is 6.92 Å². The van der Waals surface area contributed by atoms with E-state index >= 15 is 0 Å². The van der Waals surface area contributed by atoms with Crippen LogP contribution < -0.4 is 11.1 Å². The molecule has 1 unspecified atom stereocenters. The van der Waals surface area contributed by atoms with Crippen molar-refractivity contribution in [1.29, 1.82) is 0 Å². The number of carbonyl (C=O) groups excluding carboxylic acids is 1. The van der Waals surface area contributed by atoms with Gasteiger partial charge in [-0.15, -0.1) is 0 Å². The Hall–Kier alpha value is -0.620. The van der Waals surface area contributed by atoms with Crippen LogP contribution in [-0.2, 0) is 14.6 Å². The highest BCUT2D eigenvalue weighted by atomic mass is 32.2. The Morgan fingerprint density at radius 3 is 2.32 bits per heavy atom. The lowest BCUT2D eigenvalue weighted by molar-refractivity contribution is -0.134. The molecule has 0 radical (unpaired) electrons. The molecule has 0 aromatic rings. The van der Waals surface area contributed by atoms with Gasteiger partial charge in [-0.05, 0) is 26.2 Å². The number of amides is 1. The van der Waals surface area contributed by atoms with Crippen LogP contribution in [-0.4, -0.2) is 37.9 Å². The molecule has 0 aromatic heterocycles. The van der Waals surface area contributed by atoms with Gasteiger partial charge in [0.05, 0.1) is 22.5 Å². The van der Waals surface area contributed by atoms with Gasteiger partial charge in [0.15, 0.2) is 9.84 Å². The van der Waals surface area contributed by atoms with Crippen molar-refractivity contribution in [2.45, 2.75) is 51.0 Å². The number of rotatable bonds is 3. The molecule has 0 spiro atoms. The Bertz CT molecular complexity index is 455. The van der Waals surface area contributed by atoms with E-state index in [9.17, 15) is 13.2 Å². The van der Waals surface area contributed by atoms with Gasteiger partial charge in [0.25, 0.3) is 0 Å². The number of nitrogens with one attached hydrogen (secondary N) is 1. The fraction of sp³-hybridized carbons (Fsp3) is 0.923. The molecule has 110 valence electrons. The van der Waals surface area contributed by atoms with Gasteiger partial charge in [-0.1, -0.05) is 19.3 Å². The molecular weight excluding hydrogens is 264 g/mol. The van der Waals surface area contributed by atoms with Crippen LogP contribution in [0.25, 0.3) is 0 Å². The first kappa shape index (κ1) is 14.8. The Morgan fingerprint density at radius 1 is 1.21 bits per heavy atom. The molecular formula is C13H24N2O3S. The third-order valence-corrected chi connectivity index (χ3v) is 6.50. The van der Waals surface area contributed by atoms with E-state index in [0.717, 1.165) is 32.1 Å². The van der Waals surface area contributed by atoms with Crippen LogP contribution in [0.1, 0.15) is 45.4 Å². The van der Waals surface area contributed by atoms with Crippen molar-refractivity contribution < 1.29 is 13.2 Å². The summed E-state index contributed by atoms with van der Waals surface area (Å²) >= 11 is 0. The lowest BCUT2D eigenvalue weighted by atomic mass is 9.73. The van der Waals surface area contributed by atoms with Gasteiger partial charge in [0, 0.05) is 6.54 Å². The zero-order valence-electron chi connectivity index (χ0n) is 11.6. The number of nitrogens with two attached hydrogens (primary N) is 1. The predicted octanol–water partition coefficient (Wildman–Crippen LogP) is 0.589. The summed E-state index contributed by atoms with van der Waals surface area (Å²) in [6.07, 6.45) is 5.35.